The van der Waals surface area contributed by atoms with Gasteiger partial charge >= 0.3 is 0 Å². The van der Waals surface area contributed by atoms with Gasteiger partial charge in [-0.05, 0) is 61.1 Å². The van der Waals surface area contributed by atoms with Crippen LogP contribution in [-0.4, -0.2) is 6.67 Å². The standard InChI is InChI=1S/C22H25F/c1-2-3-4-6-19-8-12-21(13-9-19)16-17-22-14-10-20(11-15-22)7-5-18-23/h8-15H,2-7,18H2,1H3. The minimum absolute atomic E-state index is 0.254. The van der Waals surface area contributed by atoms with E-state index in [0.29, 0.717) is 6.42 Å². The molecule has 0 aliphatic carbocycles. The molecule has 0 amide bonds. The molecule has 2 aromatic rings. The Labute approximate surface area is 139 Å². The van der Waals surface area contributed by atoms with E-state index in [9.17, 15) is 4.39 Å². The Morgan fingerprint density at radius 1 is 0.696 bits per heavy atom. The average molecular weight is 308 g/mol. The molecule has 0 fully saturated rings. The van der Waals surface area contributed by atoms with Crippen molar-refractivity contribution in [3.8, 4) is 11.8 Å². The Morgan fingerprint density at radius 2 is 1.17 bits per heavy atom. The molecular weight excluding hydrogens is 283 g/mol. The third kappa shape index (κ3) is 6.28. The Hall–Kier alpha value is -2.07. The molecule has 0 saturated carbocycles. The van der Waals surface area contributed by atoms with E-state index < -0.39 is 0 Å². The minimum atomic E-state index is -0.254. The number of hydrogen-bond acceptors (Lipinski definition) is 0. The van der Waals surface area contributed by atoms with Crippen LogP contribution in [0.3, 0.4) is 0 Å². The van der Waals surface area contributed by atoms with Crippen molar-refractivity contribution in [3.63, 3.8) is 0 Å². The van der Waals surface area contributed by atoms with E-state index in [-0.39, 0.29) is 6.67 Å². The lowest BCUT2D eigenvalue weighted by Crippen LogP contribution is -1.87. The van der Waals surface area contributed by atoms with Gasteiger partial charge in [0.1, 0.15) is 0 Å². The molecule has 1 heteroatoms. The predicted octanol–water partition coefficient (Wildman–Crippen LogP) is 5.72. The first-order chi connectivity index (χ1) is 11.3. The van der Waals surface area contributed by atoms with Crippen molar-refractivity contribution < 1.29 is 4.39 Å². The molecule has 2 rings (SSSR count). The number of halogens is 1. The second kappa shape index (κ2) is 9.85. The Balaban J connectivity index is 1.93. The highest BCUT2D eigenvalue weighted by molar-refractivity contribution is 5.44. The van der Waals surface area contributed by atoms with Crippen molar-refractivity contribution in [2.45, 2.75) is 45.4 Å². The minimum Gasteiger partial charge on any atom is -0.251 e. The molecule has 2 aromatic carbocycles. The highest BCUT2D eigenvalue weighted by Crippen LogP contribution is 2.09. The summed E-state index contributed by atoms with van der Waals surface area (Å²) in [6, 6.07) is 16.7. The second-order valence-electron chi connectivity index (χ2n) is 5.89. The van der Waals surface area contributed by atoms with E-state index in [1.807, 2.05) is 24.3 Å². The zero-order chi connectivity index (χ0) is 16.3. The third-order valence-electron chi connectivity index (χ3n) is 3.93. The summed E-state index contributed by atoms with van der Waals surface area (Å²) in [6.45, 7) is 1.97. The first-order valence-electron chi connectivity index (χ1n) is 8.57. The average Bonchev–Trinajstić information content (AvgIpc) is 2.60. The Kier molecular flexibility index (Phi) is 7.40. The summed E-state index contributed by atoms with van der Waals surface area (Å²) in [5.74, 6) is 6.40. The molecule has 0 atom stereocenters. The maximum Gasteiger partial charge on any atom is 0.0897 e. The van der Waals surface area contributed by atoms with E-state index in [0.717, 1.165) is 24.0 Å². The van der Waals surface area contributed by atoms with E-state index in [2.05, 4.69) is 43.0 Å². The van der Waals surface area contributed by atoms with Gasteiger partial charge in [0.2, 0.25) is 0 Å². The van der Waals surface area contributed by atoms with Gasteiger partial charge in [-0.2, -0.15) is 0 Å². The molecule has 0 N–H and O–H groups in total. The number of unbranched alkanes of at least 4 members (excludes halogenated alkanes) is 2. The van der Waals surface area contributed by atoms with Crippen molar-refractivity contribution in [3.05, 3.63) is 70.8 Å². The third-order valence-corrected chi connectivity index (χ3v) is 3.93. The molecule has 120 valence electrons. The molecule has 0 bridgehead atoms. The first kappa shape index (κ1) is 17.3. The molecule has 0 spiro atoms. The van der Waals surface area contributed by atoms with Crippen LogP contribution in [0.25, 0.3) is 0 Å². The number of rotatable bonds is 7. The fourth-order valence-corrected chi connectivity index (χ4v) is 2.50. The summed E-state index contributed by atoms with van der Waals surface area (Å²) >= 11 is 0. The lowest BCUT2D eigenvalue weighted by Gasteiger charge is -2.00. The fraction of sp³-hybridized carbons (Fsp3) is 0.364. The van der Waals surface area contributed by atoms with Crippen molar-refractivity contribution in [1.29, 1.82) is 0 Å². The number of alkyl halides is 1. The van der Waals surface area contributed by atoms with Crippen molar-refractivity contribution >= 4 is 0 Å². The van der Waals surface area contributed by atoms with Gasteiger partial charge in [0.25, 0.3) is 0 Å². The number of hydrogen-bond donors (Lipinski definition) is 0. The van der Waals surface area contributed by atoms with Gasteiger partial charge < -0.3 is 0 Å². The highest BCUT2D eigenvalue weighted by Gasteiger charge is 1.95. The van der Waals surface area contributed by atoms with Crippen LogP contribution >= 0.6 is 0 Å². The lowest BCUT2D eigenvalue weighted by atomic mass is 10.0. The van der Waals surface area contributed by atoms with Crippen molar-refractivity contribution in [1.82, 2.24) is 0 Å². The molecule has 23 heavy (non-hydrogen) atoms. The van der Waals surface area contributed by atoms with Crippen LogP contribution in [0, 0.1) is 11.8 Å². The van der Waals surface area contributed by atoms with Crippen LogP contribution in [0.1, 0.15) is 54.9 Å². The van der Waals surface area contributed by atoms with Crippen LogP contribution < -0.4 is 0 Å². The second-order valence-corrected chi connectivity index (χ2v) is 5.89. The maximum absolute atomic E-state index is 12.2. The molecule has 0 unspecified atom stereocenters. The molecule has 0 heterocycles. The normalized spacial score (nSPS) is 10.2. The Bertz CT molecular complexity index is 626. The summed E-state index contributed by atoms with van der Waals surface area (Å²) in [7, 11) is 0. The molecule has 0 saturated heterocycles. The fourth-order valence-electron chi connectivity index (χ4n) is 2.50. The summed E-state index contributed by atoms with van der Waals surface area (Å²) < 4.78 is 12.2. The lowest BCUT2D eigenvalue weighted by molar-refractivity contribution is 0.473. The van der Waals surface area contributed by atoms with Crippen molar-refractivity contribution in [2.24, 2.45) is 0 Å². The Morgan fingerprint density at radius 3 is 1.61 bits per heavy atom. The van der Waals surface area contributed by atoms with Crippen LogP contribution in [0.2, 0.25) is 0 Å². The van der Waals surface area contributed by atoms with Gasteiger partial charge in [0, 0.05) is 11.1 Å². The summed E-state index contributed by atoms with van der Waals surface area (Å²) in [5, 5.41) is 0. The van der Waals surface area contributed by atoms with Crippen LogP contribution in [0.15, 0.2) is 48.5 Å². The molecule has 0 aromatic heterocycles. The largest absolute Gasteiger partial charge is 0.251 e. The monoisotopic (exact) mass is 308 g/mol. The van der Waals surface area contributed by atoms with E-state index >= 15 is 0 Å². The predicted molar refractivity (Wildman–Crippen MR) is 96.4 cm³/mol. The van der Waals surface area contributed by atoms with Gasteiger partial charge in [-0.15, -0.1) is 0 Å². The molecule has 0 aliphatic heterocycles. The van der Waals surface area contributed by atoms with E-state index in [1.165, 1.54) is 30.4 Å². The SMILES string of the molecule is CCCCCc1ccc(C#Cc2ccc(CCCF)cc2)cc1. The quantitative estimate of drug-likeness (QED) is 0.453. The topological polar surface area (TPSA) is 0 Å². The van der Waals surface area contributed by atoms with Gasteiger partial charge in [0.05, 0.1) is 6.67 Å². The summed E-state index contributed by atoms with van der Waals surface area (Å²) in [5.41, 5.74) is 4.61. The maximum atomic E-state index is 12.2. The smallest absolute Gasteiger partial charge is 0.0897 e. The summed E-state index contributed by atoms with van der Waals surface area (Å²) in [4.78, 5) is 0. The van der Waals surface area contributed by atoms with Gasteiger partial charge in [-0.3, -0.25) is 4.39 Å². The van der Waals surface area contributed by atoms with Crippen LogP contribution in [0.5, 0.6) is 0 Å². The van der Waals surface area contributed by atoms with Gasteiger partial charge in [0.15, 0.2) is 0 Å². The number of benzene rings is 2. The van der Waals surface area contributed by atoms with Crippen molar-refractivity contribution in [2.75, 3.05) is 6.67 Å². The summed E-state index contributed by atoms with van der Waals surface area (Å²) in [6.07, 6.45) is 6.36. The van der Waals surface area contributed by atoms with Crippen LogP contribution in [0.4, 0.5) is 4.39 Å². The highest BCUT2D eigenvalue weighted by atomic mass is 19.1. The van der Waals surface area contributed by atoms with Gasteiger partial charge in [-0.25, -0.2) is 0 Å². The molecular formula is C22H25F. The number of aryl methyl sites for hydroxylation is 2. The molecule has 0 aliphatic rings. The molecule has 0 radical (unpaired) electrons. The molecule has 0 nitrogen and oxygen atoms in total. The van der Waals surface area contributed by atoms with E-state index in [1.54, 1.807) is 0 Å². The zero-order valence-corrected chi connectivity index (χ0v) is 13.9. The van der Waals surface area contributed by atoms with Crippen LogP contribution in [-0.2, 0) is 12.8 Å². The van der Waals surface area contributed by atoms with E-state index in [4.69, 9.17) is 0 Å². The first-order valence-corrected chi connectivity index (χ1v) is 8.57. The zero-order valence-electron chi connectivity index (χ0n) is 13.9. The van der Waals surface area contributed by atoms with Gasteiger partial charge in [-0.1, -0.05) is 55.9 Å².